The predicted molar refractivity (Wildman–Crippen MR) is 74.0 cm³/mol. The van der Waals surface area contributed by atoms with Crippen LogP contribution in [0.3, 0.4) is 0 Å². The summed E-state index contributed by atoms with van der Waals surface area (Å²) in [4.78, 5) is 11.6. The summed E-state index contributed by atoms with van der Waals surface area (Å²) >= 11 is 0. The lowest BCUT2D eigenvalue weighted by atomic mass is 10.2. The molecule has 1 rings (SSSR count). The van der Waals surface area contributed by atoms with Gasteiger partial charge in [0.15, 0.2) is 0 Å². The molecule has 18 heavy (non-hydrogen) atoms. The van der Waals surface area contributed by atoms with Gasteiger partial charge >= 0.3 is 0 Å². The zero-order valence-corrected chi connectivity index (χ0v) is 11.3. The minimum absolute atomic E-state index is 0.0202. The van der Waals surface area contributed by atoms with E-state index in [1.807, 2.05) is 31.2 Å². The number of amides is 1. The van der Waals surface area contributed by atoms with Gasteiger partial charge in [-0.1, -0.05) is 13.3 Å². The van der Waals surface area contributed by atoms with Gasteiger partial charge in [0, 0.05) is 11.7 Å². The van der Waals surface area contributed by atoms with Crippen molar-refractivity contribution >= 4 is 11.6 Å². The SMILES string of the molecule is CCCC(C)NC(=O)CNc1ccc(OC)cc1. The molecule has 1 amide bonds. The molecule has 2 N–H and O–H groups in total. The Kier molecular flexibility index (Phi) is 6.05. The van der Waals surface area contributed by atoms with E-state index in [9.17, 15) is 4.79 Å². The first-order valence-corrected chi connectivity index (χ1v) is 6.33. The summed E-state index contributed by atoms with van der Waals surface area (Å²) in [5.41, 5.74) is 0.911. The maximum Gasteiger partial charge on any atom is 0.239 e. The monoisotopic (exact) mass is 250 g/mol. The Hall–Kier alpha value is -1.71. The van der Waals surface area contributed by atoms with Crippen molar-refractivity contribution in [3.8, 4) is 5.75 Å². The molecule has 1 atom stereocenters. The average Bonchev–Trinajstić information content (AvgIpc) is 2.37. The third-order valence-corrected chi connectivity index (χ3v) is 2.67. The van der Waals surface area contributed by atoms with Crippen LogP contribution < -0.4 is 15.4 Å². The molecule has 0 spiro atoms. The molecule has 1 aromatic carbocycles. The minimum atomic E-state index is 0.0202. The number of hydrogen-bond acceptors (Lipinski definition) is 3. The largest absolute Gasteiger partial charge is 0.497 e. The third-order valence-electron chi connectivity index (χ3n) is 2.67. The van der Waals surface area contributed by atoms with Crippen molar-refractivity contribution in [2.75, 3.05) is 19.0 Å². The summed E-state index contributed by atoms with van der Waals surface area (Å²) in [6.07, 6.45) is 2.08. The molecule has 4 heteroatoms. The summed E-state index contributed by atoms with van der Waals surface area (Å²) in [5.74, 6) is 0.827. The smallest absolute Gasteiger partial charge is 0.239 e. The number of rotatable bonds is 7. The second-order valence-electron chi connectivity index (χ2n) is 4.34. The molecule has 0 fully saturated rings. The molecular weight excluding hydrogens is 228 g/mol. The maximum absolute atomic E-state index is 11.6. The molecule has 0 aromatic heterocycles. The standard InChI is InChI=1S/C14H22N2O2/c1-4-5-11(2)16-14(17)10-15-12-6-8-13(18-3)9-7-12/h6-9,11,15H,4-5,10H2,1-3H3,(H,16,17). The minimum Gasteiger partial charge on any atom is -0.497 e. The van der Waals surface area contributed by atoms with E-state index in [1.54, 1.807) is 7.11 Å². The molecule has 0 bridgehead atoms. The van der Waals surface area contributed by atoms with Gasteiger partial charge in [-0.2, -0.15) is 0 Å². The fraction of sp³-hybridized carbons (Fsp3) is 0.500. The lowest BCUT2D eigenvalue weighted by molar-refractivity contribution is -0.120. The van der Waals surface area contributed by atoms with Crippen molar-refractivity contribution in [3.63, 3.8) is 0 Å². The van der Waals surface area contributed by atoms with Crippen molar-refractivity contribution in [2.45, 2.75) is 32.7 Å². The summed E-state index contributed by atoms with van der Waals surface area (Å²) in [5, 5.41) is 6.02. The van der Waals surface area contributed by atoms with Crippen LogP contribution in [-0.2, 0) is 4.79 Å². The first-order chi connectivity index (χ1) is 8.65. The number of carbonyl (C=O) groups excluding carboxylic acids is 1. The molecule has 0 heterocycles. The van der Waals surface area contributed by atoms with E-state index >= 15 is 0 Å². The number of carbonyl (C=O) groups is 1. The summed E-state index contributed by atoms with van der Waals surface area (Å²) < 4.78 is 5.07. The van der Waals surface area contributed by atoms with E-state index in [-0.39, 0.29) is 11.9 Å². The van der Waals surface area contributed by atoms with Gasteiger partial charge in [0.25, 0.3) is 0 Å². The highest BCUT2D eigenvalue weighted by Crippen LogP contribution is 2.14. The van der Waals surface area contributed by atoms with Gasteiger partial charge in [-0.25, -0.2) is 0 Å². The first-order valence-electron chi connectivity index (χ1n) is 6.33. The predicted octanol–water partition coefficient (Wildman–Crippen LogP) is 2.41. The van der Waals surface area contributed by atoms with Gasteiger partial charge in [-0.05, 0) is 37.6 Å². The quantitative estimate of drug-likeness (QED) is 0.781. The van der Waals surface area contributed by atoms with Crippen LogP contribution in [0.4, 0.5) is 5.69 Å². The Morgan fingerprint density at radius 2 is 2.00 bits per heavy atom. The van der Waals surface area contributed by atoms with Crippen LogP contribution in [0, 0.1) is 0 Å². The van der Waals surface area contributed by atoms with Gasteiger partial charge in [0.1, 0.15) is 5.75 Å². The van der Waals surface area contributed by atoms with Crippen molar-refractivity contribution in [1.82, 2.24) is 5.32 Å². The number of methoxy groups -OCH3 is 1. The third kappa shape index (κ3) is 5.08. The van der Waals surface area contributed by atoms with E-state index < -0.39 is 0 Å². The number of nitrogens with one attached hydrogen (secondary N) is 2. The van der Waals surface area contributed by atoms with Crippen LogP contribution in [0.15, 0.2) is 24.3 Å². The van der Waals surface area contributed by atoms with Gasteiger partial charge in [-0.3, -0.25) is 4.79 Å². The molecule has 0 aliphatic heterocycles. The van der Waals surface area contributed by atoms with E-state index in [0.717, 1.165) is 24.3 Å². The molecule has 0 aliphatic rings. The van der Waals surface area contributed by atoms with Crippen LogP contribution in [0.25, 0.3) is 0 Å². The zero-order chi connectivity index (χ0) is 13.4. The Balaban J connectivity index is 2.33. The average molecular weight is 250 g/mol. The Morgan fingerprint density at radius 1 is 1.33 bits per heavy atom. The second-order valence-corrected chi connectivity index (χ2v) is 4.34. The molecule has 0 saturated carbocycles. The lowest BCUT2D eigenvalue weighted by Gasteiger charge is -2.13. The molecule has 0 aliphatic carbocycles. The number of ether oxygens (including phenoxy) is 1. The van der Waals surface area contributed by atoms with E-state index in [2.05, 4.69) is 17.6 Å². The van der Waals surface area contributed by atoms with Crippen LogP contribution in [0.5, 0.6) is 5.75 Å². The van der Waals surface area contributed by atoms with Crippen LogP contribution in [-0.4, -0.2) is 25.6 Å². The maximum atomic E-state index is 11.6. The second kappa shape index (κ2) is 7.58. The van der Waals surface area contributed by atoms with Crippen molar-refractivity contribution in [1.29, 1.82) is 0 Å². The Bertz CT molecular complexity index is 363. The van der Waals surface area contributed by atoms with Crippen LogP contribution in [0.2, 0.25) is 0 Å². The van der Waals surface area contributed by atoms with Crippen molar-refractivity contribution in [3.05, 3.63) is 24.3 Å². The normalized spacial score (nSPS) is 11.7. The molecule has 0 saturated heterocycles. The van der Waals surface area contributed by atoms with Crippen LogP contribution in [0.1, 0.15) is 26.7 Å². The van der Waals surface area contributed by atoms with Crippen LogP contribution >= 0.6 is 0 Å². The number of benzene rings is 1. The van der Waals surface area contributed by atoms with E-state index in [0.29, 0.717) is 6.54 Å². The lowest BCUT2D eigenvalue weighted by Crippen LogP contribution is -2.36. The summed E-state index contributed by atoms with van der Waals surface area (Å²) in [6.45, 7) is 4.42. The van der Waals surface area contributed by atoms with Gasteiger partial charge in [-0.15, -0.1) is 0 Å². The van der Waals surface area contributed by atoms with Gasteiger partial charge in [0.05, 0.1) is 13.7 Å². The van der Waals surface area contributed by atoms with E-state index in [4.69, 9.17) is 4.74 Å². The van der Waals surface area contributed by atoms with Gasteiger partial charge in [0.2, 0.25) is 5.91 Å². The molecule has 1 unspecified atom stereocenters. The van der Waals surface area contributed by atoms with E-state index in [1.165, 1.54) is 0 Å². The summed E-state index contributed by atoms with van der Waals surface area (Å²) in [6, 6.07) is 7.74. The molecule has 4 nitrogen and oxygen atoms in total. The molecule has 0 radical (unpaired) electrons. The molecular formula is C14H22N2O2. The Morgan fingerprint density at radius 3 is 2.56 bits per heavy atom. The fourth-order valence-corrected chi connectivity index (χ4v) is 1.72. The highest BCUT2D eigenvalue weighted by Gasteiger charge is 2.05. The summed E-state index contributed by atoms with van der Waals surface area (Å²) in [7, 11) is 1.63. The number of hydrogen-bond donors (Lipinski definition) is 2. The molecule has 100 valence electrons. The molecule has 1 aromatic rings. The van der Waals surface area contributed by atoms with Gasteiger partial charge < -0.3 is 15.4 Å². The highest BCUT2D eigenvalue weighted by atomic mass is 16.5. The topological polar surface area (TPSA) is 50.4 Å². The fourth-order valence-electron chi connectivity index (χ4n) is 1.72. The highest BCUT2D eigenvalue weighted by molar-refractivity contribution is 5.80. The number of anilines is 1. The van der Waals surface area contributed by atoms with Crippen molar-refractivity contribution in [2.24, 2.45) is 0 Å². The Labute approximate surface area is 109 Å². The van der Waals surface area contributed by atoms with Crippen molar-refractivity contribution < 1.29 is 9.53 Å². The zero-order valence-electron chi connectivity index (χ0n) is 11.3. The first kappa shape index (κ1) is 14.4.